The number of rotatable bonds is 35. The molecule has 0 radical (unpaired) electrons. The van der Waals surface area contributed by atoms with E-state index in [4.69, 9.17) is 9.47 Å². The van der Waals surface area contributed by atoms with Gasteiger partial charge in [-0.25, -0.2) is 0 Å². The van der Waals surface area contributed by atoms with E-state index in [0.717, 1.165) is 38.5 Å². The zero-order valence-electron chi connectivity index (χ0n) is 33.5. The lowest BCUT2D eigenvalue weighted by Crippen LogP contribution is -2.60. The normalized spacial score (nSPS) is 22.9. The molecular weight excluding hydrogens is 678 g/mol. The first-order chi connectivity index (χ1) is 25.7. The lowest BCUT2D eigenvalue weighted by atomic mass is 9.98. The van der Waals surface area contributed by atoms with E-state index in [1.165, 1.54) is 103 Å². The van der Waals surface area contributed by atoms with E-state index in [1.807, 2.05) is 0 Å². The highest BCUT2D eigenvalue weighted by molar-refractivity contribution is 5.80. The Morgan fingerprint density at radius 1 is 0.642 bits per heavy atom. The highest BCUT2D eigenvalue weighted by Crippen LogP contribution is 2.23. The summed E-state index contributed by atoms with van der Waals surface area (Å²) in [5.41, 5.74) is 0. The summed E-state index contributed by atoms with van der Waals surface area (Å²) in [6, 6.07) is -1.18. The topological polar surface area (TPSA) is 189 Å². The molecule has 11 nitrogen and oxygen atoms in total. The van der Waals surface area contributed by atoms with E-state index in [0.29, 0.717) is 12.8 Å². The van der Waals surface area contributed by atoms with Gasteiger partial charge in [0.15, 0.2) is 6.29 Å². The second kappa shape index (κ2) is 33.0. The minimum absolute atomic E-state index is 0.258. The Labute approximate surface area is 322 Å². The first kappa shape index (κ1) is 49.9. The fraction of sp³-hybridized carbons (Fsp3) is 0.929. The number of hydrogen-bond acceptors (Lipinski definition) is 10. The molecule has 11 heteroatoms. The quantitative estimate of drug-likeness (QED) is 0.0277. The summed E-state index contributed by atoms with van der Waals surface area (Å²) in [5, 5.41) is 75.4. The maximum atomic E-state index is 13.0. The molecule has 9 atom stereocenters. The number of aliphatic hydroxyl groups is 7. The molecule has 1 aliphatic rings. The molecule has 1 fully saturated rings. The molecule has 9 unspecified atom stereocenters. The second-order valence-electron chi connectivity index (χ2n) is 15.4. The molecule has 53 heavy (non-hydrogen) atoms. The summed E-state index contributed by atoms with van der Waals surface area (Å²) < 4.78 is 11.0. The molecule has 0 bridgehead atoms. The third-order valence-corrected chi connectivity index (χ3v) is 10.6. The molecule has 0 aromatic heterocycles. The van der Waals surface area contributed by atoms with Crippen molar-refractivity contribution < 1.29 is 50.0 Å². The minimum atomic E-state index is -1.66. The summed E-state index contributed by atoms with van der Waals surface area (Å²) in [6.07, 6.45) is 21.2. The van der Waals surface area contributed by atoms with Gasteiger partial charge in [0.1, 0.15) is 36.6 Å². The van der Waals surface area contributed by atoms with Gasteiger partial charge in [0.2, 0.25) is 5.91 Å². The van der Waals surface area contributed by atoms with E-state index in [-0.39, 0.29) is 12.8 Å². The maximum Gasteiger partial charge on any atom is 0.249 e. The van der Waals surface area contributed by atoms with Crippen molar-refractivity contribution in [2.75, 3.05) is 13.2 Å². The van der Waals surface area contributed by atoms with Crippen LogP contribution in [0.2, 0.25) is 0 Å². The van der Waals surface area contributed by atoms with E-state index in [2.05, 4.69) is 31.3 Å². The average molecular weight is 760 g/mol. The molecule has 8 N–H and O–H groups in total. The highest BCUT2D eigenvalue weighted by Gasteiger charge is 2.44. The third kappa shape index (κ3) is 23.5. The van der Waals surface area contributed by atoms with Gasteiger partial charge < -0.3 is 50.5 Å². The number of nitrogens with one attached hydrogen (secondary N) is 1. The van der Waals surface area contributed by atoms with Crippen LogP contribution in [0.3, 0.4) is 0 Å². The molecule has 0 saturated carbocycles. The largest absolute Gasteiger partial charge is 0.394 e. The van der Waals surface area contributed by atoms with Crippen LogP contribution in [0.15, 0.2) is 12.2 Å². The van der Waals surface area contributed by atoms with Crippen molar-refractivity contribution in [2.24, 2.45) is 0 Å². The van der Waals surface area contributed by atoms with Gasteiger partial charge in [-0.3, -0.25) is 4.79 Å². The van der Waals surface area contributed by atoms with Gasteiger partial charge in [0.05, 0.1) is 25.4 Å². The first-order valence-electron chi connectivity index (χ1n) is 21.6. The Bertz CT molecular complexity index is 877. The van der Waals surface area contributed by atoms with Crippen molar-refractivity contribution in [3.8, 4) is 0 Å². The molecule has 0 spiro atoms. The van der Waals surface area contributed by atoms with E-state index >= 15 is 0 Å². The molecule has 314 valence electrons. The van der Waals surface area contributed by atoms with Crippen LogP contribution < -0.4 is 5.32 Å². The Balaban J connectivity index is 2.53. The fourth-order valence-electron chi connectivity index (χ4n) is 6.91. The Hall–Kier alpha value is -1.15. The summed E-state index contributed by atoms with van der Waals surface area (Å²) in [6.45, 7) is 3.40. The van der Waals surface area contributed by atoms with Gasteiger partial charge in [0.25, 0.3) is 0 Å². The maximum absolute atomic E-state index is 13.0. The van der Waals surface area contributed by atoms with Crippen molar-refractivity contribution >= 4 is 5.91 Å². The Kier molecular flexibility index (Phi) is 31.1. The highest BCUT2D eigenvalue weighted by atomic mass is 16.7. The number of carbonyl (C=O) groups excluding carboxylic acids is 1. The molecule has 0 aromatic carbocycles. The van der Waals surface area contributed by atoms with Crippen LogP contribution in [-0.2, 0) is 14.3 Å². The number of unbranched alkanes of at least 4 members (excludes halogenated alkanes) is 21. The molecule has 0 aliphatic carbocycles. The van der Waals surface area contributed by atoms with E-state index in [1.54, 1.807) is 0 Å². The van der Waals surface area contributed by atoms with Crippen LogP contribution >= 0.6 is 0 Å². The minimum Gasteiger partial charge on any atom is -0.394 e. The predicted octanol–water partition coefficient (Wildman–Crippen LogP) is 6.11. The predicted molar refractivity (Wildman–Crippen MR) is 210 cm³/mol. The van der Waals surface area contributed by atoms with E-state index < -0.39 is 74.2 Å². The van der Waals surface area contributed by atoms with Gasteiger partial charge in [-0.05, 0) is 38.5 Å². The van der Waals surface area contributed by atoms with Crippen molar-refractivity contribution in [1.29, 1.82) is 0 Å². The smallest absolute Gasteiger partial charge is 0.249 e. The van der Waals surface area contributed by atoms with Crippen LogP contribution in [0.5, 0.6) is 0 Å². The first-order valence-corrected chi connectivity index (χ1v) is 21.6. The zero-order valence-corrected chi connectivity index (χ0v) is 33.5. The van der Waals surface area contributed by atoms with Crippen LogP contribution in [-0.4, -0.2) is 110 Å². The van der Waals surface area contributed by atoms with Gasteiger partial charge in [-0.15, -0.1) is 0 Å². The molecule has 1 heterocycles. The zero-order chi connectivity index (χ0) is 39.1. The van der Waals surface area contributed by atoms with Crippen LogP contribution in [0.1, 0.15) is 181 Å². The summed E-state index contributed by atoms with van der Waals surface area (Å²) in [5.74, 6) is -0.707. The van der Waals surface area contributed by atoms with Gasteiger partial charge in [-0.2, -0.15) is 0 Å². The lowest BCUT2D eigenvalue weighted by molar-refractivity contribution is -0.303. The molecule has 1 amide bonds. The average Bonchev–Trinajstić information content (AvgIpc) is 3.16. The fourth-order valence-corrected chi connectivity index (χ4v) is 6.91. The lowest BCUT2D eigenvalue weighted by Gasteiger charge is -2.40. The standard InChI is InChI=1S/C42H81NO10/c1-3-5-7-9-11-13-15-17-18-20-21-23-25-27-29-34(45)37(47)33(32-52-42-40(50)39(49)38(48)36(31-44)53-42)43-41(51)35(46)30-28-26-24-22-19-16-14-12-10-8-6-4-2/h21,23,33-40,42,44-50H,3-20,22,24-32H2,1-2H3,(H,43,51)/b23-21+. The Morgan fingerprint density at radius 2 is 1.11 bits per heavy atom. The molecular formula is C42H81NO10. The van der Waals surface area contributed by atoms with Crippen LogP contribution in [0.4, 0.5) is 0 Å². The summed E-state index contributed by atoms with van der Waals surface area (Å²) >= 11 is 0. The number of allylic oxidation sites excluding steroid dienone is 2. The van der Waals surface area contributed by atoms with E-state index in [9.17, 15) is 40.5 Å². The monoisotopic (exact) mass is 760 g/mol. The van der Waals surface area contributed by atoms with Crippen molar-refractivity contribution in [3.05, 3.63) is 12.2 Å². The van der Waals surface area contributed by atoms with Gasteiger partial charge >= 0.3 is 0 Å². The Morgan fingerprint density at radius 3 is 1.62 bits per heavy atom. The summed E-state index contributed by atoms with van der Waals surface area (Å²) in [7, 11) is 0. The molecule has 0 aromatic rings. The molecule has 1 saturated heterocycles. The second-order valence-corrected chi connectivity index (χ2v) is 15.4. The SMILES string of the molecule is CCCCCCCCCCC/C=C/CCCC(O)C(O)C(COC1OC(CO)C(O)C(O)C1O)NC(=O)C(O)CCCCCCCCCCCCCC. The van der Waals surface area contributed by atoms with Crippen molar-refractivity contribution in [1.82, 2.24) is 5.32 Å². The number of hydrogen-bond donors (Lipinski definition) is 8. The van der Waals surface area contributed by atoms with Gasteiger partial charge in [0, 0.05) is 0 Å². The number of carbonyl (C=O) groups is 1. The summed E-state index contributed by atoms with van der Waals surface area (Å²) in [4.78, 5) is 13.0. The van der Waals surface area contributed by atoms with Gasteiger partial charge in [-0.1, -0.05) is 154 Å². The number of ether oxygens (including phenoxy) is 2. The number of amides is 1. The number of aliphatic hydroxyl groups excluding tert-OH is 7. The molecule has 1 rings (SSSR count). The van der Waals surface area contributed by atoms with Crippen molar-refractivity contribution in [3.63, 3.8) is 0 Å². The van der Waals surface area contributed by atoms with Crippen molar-refractivity contribution in [2.45, 2.75) is 236 Å². The third-order valence-electron chi connectivity index (χ3n) is 10.6. The van der Waals surface area contributed by atoms with Crippen LogP contribution in [0.25, 0.3) is 0 Å². The van der Waals surface area contributed by atoms with Crippen LogP contribution in [0, 0.1) is 0 Å². The molecule has 1 aliphatic heterocycles.